The SMILES string of the molecule is N#Cc1cccc(CNC(=O)N2CCCC(C(=O)O)C2)c1. The molecule has 0 spiro atoms. The Balaban J connectivity index is 1.89. The molecule has 1 atom stereocenters. The Morgan fingerprint density at radius 3 is 3.00 bits per heavy atom. The van der Waals surface area contributed by atoms with E-state index in [9.17, 15) is 9.59 Å². The molecular weight excluding hydrogens is 270 g/mol. The number of carboxylic acid groups (broad SMARTS) is 1. The summed E-state index contributed by atoms with van der Waals surface area (Å²) in [6, 6.07) is 8.80. The molecule has 2 N–H and O–H groups in total. The van der Waals surface area contributed by atoms with Gasteiger partial charge in [-0.25, -0.2) is 4.79 Å². The van der Waals surface area contributed by atoms with Crippen LogP contribution in [0.25, 0.3) is 0 Å². The molecule has 1 aromatic rings. The average molecular weight is 287 g/mol. The minimum atomic E-state index is -0.853. The lowest BCUT2D eigenvalue weighted by Crippen LogP contribution is -2.46. The summed E-state index contributed by atoms with van der Waals surface area (Å²) in [5.74, 6) is -1.33. The predicted molar refractivity (Wildman–Crippen MR) is 75.3 cm³/mol. The van der Waals surface area contributed by atoms with Crippen LogP contribution in [0.1, 0.15) is 24.0 Å². The molecule has 1 saturated heterocycles. The van der Waals surface area contributed by atoms with Gasteiger partial charge in [-0.3, -0.25) is 4.79 Å². The lowest BCUT2D eigenvalue weighted by atomic mass is 9.99. The zero-order chi connectivity index (χ0) is 15.2. The van der Waals surface area contributed by atoms with Crippen LogP contribution in [0.15, 0.2) is 24.3 Å². The number of rotatable bonds is 3. The molecule has 1 heterocycles. The Kier molecular flexibility index (Phi) is 4.77. The van der Waals surface area contributed by atoms with Crippen LogP contribution >= 0.6 is 0 Å². The number of likely N-dealkylation sites (tertiary alicyclic amines) is 1. The van der Waals surface area contributed by atoms with Crippen LogP contribution in [0.4, 0.5) is 4.79 Å². The van der Waals surface area contributed by atoms with E-state index in [-0.39, 0.29) is 12.6 Å². The van der Waals surface area contributed by atoms with Crippen molar-refractivity contribution < 1.29 is 14.7 Å². The van der Waals surface area contributed by atoms with Gasteiger partial charge in [0.25, 0.3) is 0 Å². The fraction of sp³-hybridized carbons (Fsp3) is 0.400. The van der Waals surface area contributed by atoms with Crippen LogP contribution in [0, 0.1) is 17.2 Å². The maximum Gasteiger partial charge on any atom is 0.317 e. The molecule has 1 aliphatic rings. The van der Waals surface area contributed by atoms with E-state index in [1.807, 2.05) is 12.1 Å². The first-order valence-corrected chi connectivity index (χ1v) is 6.85. The van der Waals surface area contributed by atoms with E-state index >= 15 is 0 Å². The third kappa shape index (κ3) is 3.96. The number of hydrogen-bond donors (Lipinski definition) is 2. The molecule has 6 nitrogen and oxygen atoms in total. The number of benzene rings is 1. The molecule has 6 heteroatoms. The van der Waals surface area contributed by atoms with Crippen molar-refractivity contribution in [2.24, 2.45) is 5.92 Å². The van der Waals surface area contributed by atoms with Crippen molar-refractivity contribution >= 4 is 12.0 Å². The second kappa shape index (κ2) is 6.75. The van der Waals surface area contributed by atoms with Gasteiger partial charge in [0.2, 0.25) is 0 Å². The Hall–Kier alpha value is -2.55. The van der Waals surface area contributed by atoms with E-state index in [0.717, 1.165) is 5.56 Å². The maximum absolute atomic E-state index is 12.1. The summed E-state index contributed by atoms with van der Waals surface area (Å²) < 4.78 is 0. The summed E-state index contributed by atoms with van der Waals surface area (Å²) in [5, 5.41) is 20.6. The first-order valence-electron chi connectivity index (χ1n) is 6.85. The van der Waals surface area contributed by atoms with E-state index in [2.05, 4.69) is 5.32 Å². The van der Waals surface area contributed by atoms with Gasteiger partial charge in [-0.05, 0) is 30.5 Å². The highest BCUT2D eigenvalue weighted by atomic mass is 16.4. The lowest BCUT2D eigenvalue weighted by Gasteiger charge is -2.30. The topological polar surface area (TPSA) is 93.4 Å². The number of carbonyl (C=O) groups is 2. The Morgan fingerprint density at radius 2 is 2.29 bits per heavy atom. The van der Waals surface area contributed by atoms with Crippen molar-refractivity contribution in [3.05, 3.63) is 35.4 Å². The quantitative estimate of drug-likeness (QED) is 0.882. The standard InChI is InChI=1S/C15H17N3O3/c16-8-11-3-1-4-12(7-11)9-17-15(21)18-6-2-5-13(10-18)14(19)20/h1,3-4,7,13H,2,5-6,9-10H2,(H,17,21)(H,19,20). The number of amides is 2. The smallest absolute Gasteiger partial charge is 0.317 e. The highest BCUT2D eigenvalue weighted by Gasteiger charge is 2.27. The Morgan fingerprint density at radius 1 is 1.48 bits per heavy atom. The summed E-state index contributed by atoms with van der Waals surface area (Å²) in [6.45, 7) is 1.15. The molecule has 1 aromatic carbocycles. The van der Waals surface area contributed by atoms with E-state index in [1.54, 1.807) is 18.2 Å². The van der Waals surface area contributed by atoms with Gasteiger partial charge in [-0.15, -0.1) is 0 Å². The van der Waals surface area contributed by atoms with Gasteiger partial charge in [0.05, 0.1) is 17.6 Å². The summed E-state index contributed by atoms with van der Waals surface area (Å²) >= 11 is 0. The molecule has 0 aliphatic carbocycles. The summed E-state index contributed by atoms with van der Waals surface area (Å²) in [7, 11) is 0. The largest absolute Gasteiger partial charge is 0.481 e. The van der Waals surface area contributed by atoms with E-state index in [4.69, 9.17) is 10.4 Å². The maximum atomic E-state index is 12.1. The molecule has 21 heavy (non-hydrogen) atoms. The van der Waals surface area contributed by atoms with E-state index in [1.165, 1.54) is 4.90 Å². The minimum absolute atomic E-state index is 0.249. The highest BCUT2D eigenvalue weighted by Crippen LogP contribution is 2.16. The van der Waals surface area contributed by atoms with Gasteiger partial charge in [-0.1, -0.05) is 12.1 Å². The van der Waals surface area contributed by atoms with E-state index < -0.39 is 11.9 Å². The van der Waals surface area contributed by atoms with Crippen LogP contribution in [-0.2, 0) is 11.3 Å². The van der Waals surface area contributed by atoms with Crippen molar-refractivity contribution in [3.63, 3.8) is 0 Å². The van der Waals surface area contributed by atoms with Crippen molar-refractivity contribution in [1.29, 1.82) is 5.26 Å². The number of aliphatic carboxylic acids is 1. The number of hydrogen-bond acceptors (Lipinski definition) is 3. The molecule has 1 fully saturated rings. The molecule has 2 amide bonds. The van der Waals surface area contributed by atoms with Gasteiger partial charge >= 0.3 is 12.0 Å². The minimum Gasteiger partial charge on any atom is -0.481 e. The fourth-order valence-corrected chi connectivity index (χ4v) is 2.40. The number of nitriles is 1. The fourth-order valence-electron chi connectivity index (χ4n) is 2.40. The Labute approximate surface area is 123 Å². The van der Waals surface area contributed by atoms with Gasteiger partial charge < -0.3 is 15.3 Å². The highest BCUT2D eigenvalue weighted by molar-refractivity contribution is 5.76. The van der Waals surface area contributed by atoms with Crippen molar-refractivity contribution in [2.45, 2.75) is 19.4 Å². The van der Waals surface area contributed by atoms with Crippen LogP contribution in [0.2, 0.25) is 0 Å². The van der Waals surface area contributed by atoms with Gasteiger partial charge in [0.15, 0.2) is 0 Å². The summed E-state index contributed by atoms with van der Waals surface area (Å²) in [5.41, 5.74) is 1.39. The first-order chi connectivity index (χ1) is 10.1. The van der Waals surface area contributed by atoms with E-state index in [0.29, 0.717) is 31.5 Å². The second-order valence-corrected chi connectivity index (χ2v) is 5.09. The monoisotopic (exact) mass is 287 g/mol. The summed E-state index contributed by atoms with van der Waals surface area (Å²) in [4.78, 5) is 24.6. The molecule has 110 valence electrons. The molecular formula is C15H17N3O3. The van der Waals surface area contributed by atoms with Crippen LogP contribution in [-0.4, -0.2) is 35.1 Å². The molecule has 0 bridgehead atoms. The van der Waals surface area contributed by atoms with Gasteiger partial charge in [-0.2, -0.15) is 5.26 Å². The predicted octanol–water partition coefficient (Wildman–Crippen LogP) is 1.56. The number of nitrogens with one attached hydrogen (secondary N) is 1. The number of carbonyl (C=O) groups excluding carboxylic acids is 1. The third-order valence-electron chi connectivity index (χ3n) is 3.56. The molecule has 0 radical (unpaired) electrons. The first kappa shape index (κ1) is 14.9. The number of nitrogens with zero attached hydrogens (tertiary/aromatic N) is 2. The summed E-state index contributed by atoms with van der Waals surface area (Å²) in [6.07, 6.45) is 1.32. The van der Waals surface area contributed by atoms with Crippen molar-refractivity contribution in [3.8, 4) is 6.07 Å². The van der Waals surface area contributed by atoms with Crippen molar-refractivity contribution in [1.82, 2.24) is 10.2 Å². The molecule has 1 aliphatic heterocycles. The van der Waals surface area contributed by atoms with Gasteiger partial charge in [0.1, 0.15) is 0 Å². The molecule has 0 saturated carbocycles. The van der Waals surface area contributed by atoms with Gasteiger partial charge in [0, 0.05) is 19.6 Å². The normalized spacial score (nSPS) is 17.9. The number of piperidine rings is 1. The lowest BCUT2D eigenvalue weighted by molar-refractivity contribution is -0.143. The molecule has 0 aromatic heterocycles. The zero-order valence-corrected chi connectivity index (χ0v) is 11.6. The van der Waals surface area contributed by atoms with Crippen LogP contribution in [0.5, 0.6) is 0 Å². The molecule has 1 unspecified atom stereocenters. The van der Waals surface area contributed by atoms with Crippen molar-refractivity contribution in [2.75, 3.05) is 13.1 Å². The number of carboxylic acids is 1. The second-order valence-electron chi connectivity index (χ2n) is 5.09. The zero-order valence-electron chi connectivity index (χ0n) is 11.6. The molecule has 2 rings (SSSR count). The average Bonchev–Trinajstić information content (AvgIpc) is 2.53. The third-order valence-corrected chi connectivity index (χ3v) is 3.56. The number of urea groups is 1. The van der Waals surface area contributed by atoms with Crippen LogP contribution in [0.3, 0.4) is 0 Å². The Bertz CT molecular complexity index is 580. The van der Waals surface area contributed by atoms with Crippen LogP contribution < -0.4 is 5.32 Å².